The zero-order valence-electron chi connectivity index (χ0n) is 9.75. The summed E-state index contributed by atoms with van der Waals surface area (Å²) >= 11 is 0. The number of nitrogens with two attached hydrogens (primary N) is 1. The van der Waals surface area contributed by atoms with E-state index in [2.05, 4.69) is 18.2 Å². The van der Waals surface area contributed by atoms with E-state index in [0.717, 1.165) is 19.3 Å². The van der Waals surface area contributed by atoms with Gasteiger partial charge in [-0.1, -0.05) is 19.3 Å². The highest BCUT2D eigenvalue weighted by Crippen LogP contribution is 2.14. The van der Waals surface area contributed by atoms with Crippen molar-refractivity contribution in [2.45, 2.75) is 45.6 Å². The van der Waals surface area contributed by atoms with Crippen molar-refractivity contribution in [3.63, 3.8) is 0 Å². The molecule has 3 nitrogen and oxygen atoms in total. The average molecular weight is 210 g/mol. The van der Waals surface area contributed by atoms with Crippen molar-refractivity contribution in [3.8, 4) is 12.3 Å². The van der Waals surface area contributed by atoms with Crippen molar-refractivity contribution in [2.75, 3.05) is 6.54 Å². The lowest BCUT2D eigenvalue weighted by Gasteiger charge is -2.13. The van der Waals surface area contributed by atoms with Gasteiger partial charge in [0.1, 0.15) is 0 Å². The van der Waals surface area contributed by atoms with E-state index in [1.807, 2.05) is 0 Å². The first kappa shape index (κ1) is 14.0. The topological polar surface area (TPSA) is 55.1 Å². The third kappa shape index (κ3) is 6.98. The van der Waals surface area contributed by atoms with Crippen LogP contribution in [0.1, 0.15) is 39.5 Å². The van der Waals surface area contributed by atoms with Crippen LogP contribution in [0.5, 0.6) is 0 Å². The molecule has 3 N–H and O–H groups in total. The molecule has 2 unspecified atom stereocenters. The fourth-order valence-corrected chi connectivity index (χ4v) is 1.48. The minimum atomic E-state index is -0.174. The SMILES string of the molecule is C#CC(C)NC(=O)CCC(CC)CCN. The first-order valence-electron chi connectivity index (χ1n) is 5.59. The van der Waals surface area contributed by atoms with E-state index < -0.39 is 0 Å². The quantitative estimate of drug-likeness (QED) is 0.622. The molecule has 0 aliphatic rings. The molecule has 2 atom stereocenters. The lowest BCUT2D eigenvalue weighted by Crippen LogP contribution is -2.31. The number of hydrogen-bond donors (Lipinski definition) is 2. The summed E-state index contributed by atoms with van der Waals surface area (Å²) in [4.78, 5) is 11.4. The second kappa shape index (κ2) is 8.31. The molecule has 0 aliphatic carbocycles. The molecule has 1 amide bonds. The Bertz CT molecular complexity index is 220. The third-order valence-electron chi connectivity index (χ3n) is 2.56. The highest BCUT2D eigenvalue weighted by molar-refractivity contribution is 5.76. The summed E-state index contributed by atoms with van der Waals surface area (Å²) in [5.74, 6) is 3.07. The molecular weight excluding hydrogens is 188 g/mol. The monoisotopic (exact) mass is 210 g/mol. The fourth-order valence-electron chi connectivity index (χ4n) is 1.48. The summed E-state index contributed by atoms with van der Waals surface area (Å²) in [6.45, 7) is 4.62. The van der Waals surface area contributed by atoms with Gasteiger partial charge in [0.2, 0.25) is 5.91 Å². The molecule has 0 saturated heterocycles. The maximum atomic E-state index is 11.4. The number of rotatable bonds is 7. The molecule has 0 heterocycles. The molecule has 0 rings (SSSR count). The first-order valence-corrected chi connectivity index (χ1v) is 5.59. The van der Waals surface area contributed by atoms with Gasteiger partial charge in [-0.3, -0.25) is 4.79 Å². The van der Waals surface area contributed by atoms with Crippen molar-refractivity contribution in [2.24, 2.45) is 11.7 Å². The molecule has 0 aromatic heterocycles. The second-order valence-corrected chi connectivity index (χ2v) is 3.85. The molecule has 0 aromatic carbocycles. The van der Waals surface area contributed by atoms with Crippen LogP contribution >= 0.6 is 0 Å². The van der Waals surface area contributed by atoms with Gasteiger partial charge < -0.3 is 11.1 Å². The van der Waals surface area contributed by atoms with E-state index in [1.165, 1.54) is 0 Å². The van der Waals surface area contributed by atoms with Gasteiger partial charge in [-0.2, -0.15) is 0 Å². The van der Waals surface area contributed by atoms with Gasteiger partial charge >= 0.3 is 0 Å². The number of hydrogen-bond acceptors (Lipinski definition) is 2. The smallest absolute Gasteiger partial charge is 0.220 e. The molecular formula is C12H22N2O. The molecule has 0 bridgehead atoms. The van der Waals surface area contributed by atoms with Crippen LogP contribution in [0.25, 0.3) is 0 Å². The number of nitrogens with one attached hydrogen (secondary N) is 1. The Labute approximate surface area is 92.8 Å². The maximum absolute atomic E-state index is 11.4. The largest absolute Gasteiger partial charge is 0.343 e. The number of terminal acetylenes is 1. The Balaban J connectivity index is 3.74. The van der Waals surface area contributed by atoms with Gasteiger partial charge in [-0.25, -0.2) is 0 Å². The summed E-state index contributed by atoms with van der Waals surface area (Å²) in [7, 11) is 0. The predicted molar refractivity (Wildman–Crippen MR) is 63.1 cm³/mol. The highest BCUT2D eigenvalue weighted by Gasteiger charge is 2.09. The van der Waals surface area contributed by atoms with Crippen molar-refractivity contribution < 1.29 is 4.79 Å². The first-order chi connectivity index (χ1) is 7.13. The molecule has 0 saturated carbocycles. The summed E-state index contributed by atoms with van der Waals surface area (Å²) in [5, 5.41) is 2.74. The normalized spacial score (nSPS) is 14.0. The minimum Gasteiger partial charge on any atom is -0.343 e. The fraction of sp³-hybridized carbons (Fsp3) is 0.750. The van der Waals surface area contributed by atoms with Crippen LogP contribution in [-0.2, 0) is 4.79 Å². The van der Waals surface area contributed by atoms with E-state index >= 15 is 0 Å². The Morgan fingerprint density at radius 1 is 1.53 bits per heavy atom. The van der Waals surface area contributed by atoms with Gasteiger partial charge in [0, 0.05) is 6.42 Å². The summed E-state index contributed by atoms with van der Waals surface area (Å²) in [5.41, 5.74) is 5.49. The molecule has 0 aromatic rings. The zero-order chi connectivity index (χ0) is 11.7. The molecule has 0 spiro atoms. The van der Waals surface area contributed by atoms with Crippen LogP contribution in [-0.4, -0.2) is 18.5 Å². The van der Waals surface area contributed by atoms with E-state index in [1.54, 1.807) is 6.92 Å². The Hall–Kier alpha value is -1.01. The van der Waals surface area contributed by atoms with Crippen molar-refractivity contribution >= 4 is 5.91 Å². The van der Waals surface area contributed by atoms with E-state index in [0.29, 0.717) is 18.9 Å². The second-order valence-electron chi connectivity index (χ2n) is 3.85. The lowest BCUT2D eigenvalue weighted by molar-refractivity contribution is -0.121. The average Bonchev–Trinajstić information content (AvgIpc) is 2.23. The van der Waals surface area contributed by atoms with E-state index in [-0.39, 0.29) is 11.9 Å². The molecule has 86 valence electrons. The Morgan fingerprint density at radius 2 is 2.20 bits per heavy atom. The van der Waals surface area contributed by atoms with Crippen LogP contribution in [0.3, 0.4) is 0 Å². The number of carbonyl (C=O) groups is 1. The van der Waals surface area contributed by atoms with Crippen LogP contribution in [0.2, 0.25) is 0 Å². The van der Waals surface area contributed by atoms with E-state index in [9.17, 15) is 4.79 Å². The highest BCUT2D eigenvalue weighted by atomic mass is 16.1. The molecule has 0 radical (unpaired) electrons. The van der Waals surface area contributed by atoms with Gasteiger partial charge in [-0.15, -0.1) is 6.42 Å². The third-order valence-corrected chi connectivity index (χ3v) is 2.56. The van der Waals surface area contributed by atoms with Crippen LogP contribution in [0.15, 0.2) is 0 Å². The maximum Gasteiger partial charge on any atom is 0.220 e. The number of carbonyl (C=O) groups excluding carboxylic acids is 1. The van der Waals surface area contributed by atoms with Crippen molar-refractivity contribution in [1.29, 1.82) is 0 Å². The zero-order valence-corrected chi connectivity index (χ0v) is 9.75. The standard InChI is InChI=1S/C12H22N2O/c1-4-10(3)14-12(15)7-6-11(5-2)8-9-13/h1,10-11H,5-9,13H2,2-3H3,(H,14,15). The predicted octanol–water partition coefficient (Wildman–Crippen LogP) is 1.28. The molecule has 15 heavy (non-hydrogen) atoms. The van der Waals surface area contributed by atoms with Gasteiger partial charge in [0.25, 0.3) is 0 Å². The molecule has 3 heteroatoms. The van der Waals surface area contributed by atoms with Crippen LogP contribution in [0, 0.1) is 18.3 Å². The molecule has 0 aliphatic heterocycles. The van der Waals surface area contributed by atoms with Gasteiger partial charge in [0.15, 0.2) is 0 Å². The minimum absolute atomic E-state index is 0.0379. The summed E-state index contributed by atoms with van der Waals surface area (Å²) < 4.78 is 0. The molecule has 0 fully saturated rings. The van der Waals surface area contributed by atoms with Crippen LogP contribution < -0.4 is 11.1 Å². The van der Waals surface area contributed by atoms with Gasteiger partial charge in [0.05, 0.1) is 6.04 Å². The Morgan fingerprint density at radius 3 is 2.67 bits per heavy atom. The van der Waals surface area contributed by atoms with Crippen molar-refractivity contribution in [3.05, 3.63) is 0 Å². The summed E-state index contributed by atoms with van der Waals surface area (Å²) in [6.07, 6.45) is 8.69. The van der Waals surface area contributed by atoms with Crippen LogP contribution in [0.4, 0.5) is 0 Å². The number of amides is 1. The lowest BCUT2D eigenvalue weighted by atomic mass is 9.96. The Kier molecular flexibility index (Phi) is 7.75. The van der Waals surface area contributed by atoms with Crippen molar-refractivity contribution in [1.82, 2.24) is 5.32 Å². The van der Waals surface area contributed by atoms with E-state index in [4.69, 9.17) is 12.2 Å². The summed E-state index contributed by atoms with van der Waals surface area (Å²) in [6, 6.07) is -0.174. The van der Waals surface area contributed by atoms with Gasteiger partial charge in [-0.05, 0) is 32.2 Å².